The Balaban J connectivity index is 1.68. The van der Waals surface area contributed by atoms with Crippen molar-refractivity contribution in [2.24, 2.45) is 16.7 Å². The molecule has 0 spiro atoms. The normalized spacial score (nSPS) is 25.0. The summed E-state index contributed by atoms with van der Waals surface area (Å²) in [5.74, 6) is 0.925. The molecule has 0 amide bonds. The summed E-state index contributed by atoms with van der Waals surface area (Å²) in [4.78, 5) is 0. The van der Waals surface area contributed by atoms with Crippen LogP contribution in [0.1, 0.15) is 46.0 Å². The molecule has 2 aliphatic rings. The van der Waals surface area contributed by atoms with Crippen molar-refractivity contribution >= 4 is 0 Å². The van der Waals surface area contributed by atoms with Gasteiger partial charge in [-0.15, -0.1) is 0 Å². The predicted octanol–water partition coefficient (Wildman–Crippen LogP) is 2.17. The highest BCUT2D eigenvalue weighted by Gasteiger charge is 2.42. The molecular weight excluding hydrogens is 186 g/mol. The maximum atomic E-state index is 9.21. The number of rotatable bonds is 6. The summed E-state index contributed by atoms with van der Waals surface area (Å²) in [5, 5.41) is 12.8. The van der Waals surface area contributed by atoms with Crippen molar-refractivity contribution in [2.45, 2.75) is 46.0 Å². The Labute approximate surface area is 93.5 Å². The quantitative estimate of drug-likeness (QED) is 0.706. The number of nitrogens with one attached hydrogen (secondary N) is 1. The van der Waals surface area contributed by atoms with Crippen LogP contribution < -0.4 is 5.32 Å². The van der Waals surface area contributed by atoms with E-state index in [0.717, 1.165) is 19.0 Å². The topological polar surface area (TPSA) is 32.3 Å². The van der Waals surface area contributed by atoms with Crippen molar-refractivity contribution in [1.29, 1.82) is 0 Å². The van der Waals surface area contributed by atoms with Crippen LogP contribution in [0, 0.1) is 16.7 Å². The molecule has 0 unspecified atom stereocenters. The van der Waals surface area contributed by atoms with Crippen LogP contribution >= 0.6 is 0 Å². The largest absolute Gasteiger partial charge is 0.396 e. The van der Waals surface area contributed by atoms with Crippen molar-refractivity contribution in [1.82, 2.24) is 5.32 Å². The first-order chi connectivity index (χ1) is 7.08. The molecule has 2 nitrogen and oxygen atoms in total. The van der Waals surface area contributed by atoms with Crippen LogP contribution in [-0.4, -0.2) is 24.8 Å². The van der Waals surface area contributed by atoms with Gasteiger partial charge in [-0.05, 0) is 37.0 Å². The molecule has 2 rings (SSSR count). The standard InChI is InChI=1S/C13H25NO/c1-12(2,11-4-3-5-11)8-14-9-13(10-15)6-7-13/h11,14-15H,3-10H2,1-2H3. The zero-order valence-electron chi connectivity index (χ0n) is 10.2. The molecule has 0 aliphatic heterocycles. The van der Waals surface area contributed by atoms with Gasteiger partial charge in [0.05, 0.1) is 0 Å². The van der Waals surface area contributed by atoms with E-state index in [1.165, 1.54) is 32.1 Å². The van der Waals surface area contributed by atoms with Crippen LogP contribution in [0.5, 0.6) is 0 Å². The maximum absolute atomic E-state index is 9.21. The molecule has 0 aromatic heterocycles. The van der Waals surface area contributed by atoms with Gasteiger partial charge in [-0.3, -0.25) is 0 Å². The number of hydrogen-bond acceptors (Lipinski definition) is 2. The molecule has 0 saturated heterocycles. The van der Waals surface area contributed by atoms with Crippen molar-refractivity contribution in [3.05, 3.63) is 0 Å². The fourth-order valence-corrected chi connectivity index (χ4v) is 2.55. The third-order valence-electron chi connectivity index (χ3n) is 4.58. The Hall–Kier alpha value is -0.0800. The maximum Gasteiger partial charge on any atom is 0.0499 e. The van der Waals surface area contributed by atoms with Crippen LogP contribution in [0.2, 0.25) is 0 Å². The molecular formula is C13H25NO. The number of hydrogen-bond donors (Lipinski definition) is 2. The molecule has 15 heavy (non-hydrogen) atoms. The minimum Gasteiger partial charge on any atom is -0.396 e. The average Bonchev–Trinajstić information content (AvgIpc) is 2.81. The van der Waals surface area contributed by atoms with E-state index in [2.05, 4.69) is 19.2 Å². The number of aliphatic hydroxyl groups is 1. The lowest BCUT2D eigenvalue weighted by Crippen LogP contribution is -2.41. The third-order valence-corrected chi connectivity index (χ3v) is 4.58. The second kappa shape index (κ2) is 4.06. The molecule has 2 heteroatoms. The minimum absolute atomic E-state index is 0.260. The third kappa shape index (κ3) is 2.54. The van der Waals surface area contributed by atoms with Gasteiger partial charge in [0.25, 0.3) is 0 Å². The van der Waals surface area contributed by atoms with Crippen LogP contribution in [0.15, 0.2) is 0 Å². The highest BCUT2D eigenvalue weighted by atomic mass is 16.3. The Morgan fingerprint density at radius 1 is 1.33 bits per heavy atom. The molecule has 88 valence electrons. The summed E-state index contributed by atoms with van der Waals surface area (Å²) < 4.78 is 0. The van der Waals surface area contributed by atoms with Gasteiger partial charge in [0.1, 0.15) is 0 Å². The number of aliphatic hydroxyl groups excluding tert-OH is 1. The summed E-state index contributed by atoms with van der Waals surface area (Å²) in [6.07, 6.45) is 6.68. The van der Waals surface area contributed by atoms with E-state index >= 15 is 0 Å². The van der Waals surface area contributed by atoms with E-state index in [1.54, 1.807) is 0 Å². The van der Waals surface area contributed by atoms with Crippen LogP contribution in [0.3, 0.4) is 0 Å². The summed E-state index contributed by atoms with van der Waals surface area (Å²) in [6.45, 7) is 7.24. The molecule has 2 saturated carbocycles. The van der Waals surface area contributed by atoms with Gasteiger partial charge in [-0.1, -0.05) is 20.3 Å². The molecule has 0 aromatic carbocycles. The molecule has 0 heterocycles. The first-order valence-electron chi connectivity index (χ1n) is 6.40. The SMILES string of the molecule is CC(C)(CNCC1(CO)CC1)C1CCC1. The van der Waals surface area contributed by atoms with E-state index in [9.17, 15) is 5.11 Å². The van der Waals surface area contributed by atoms with Crippen molar-refractivity contribution in [3.63, 3.8) is 0 Å². The second-order valence-corrected chi connectivity index (χ2v) is 6.38. The monoisotopic (exact) mass is 211 g/mol. The predicted molar refractivity (Wildman–Crippen MR) is 62.7 cm³/mol. The Morgan fingerprint density at radius 3 is 2.40 bits per heavy atom. The molecule has 2 aliphatic carbocycles. The van der Waals surface area contributed by atoms with E-state index < -0.39 is 0 Å². The molecule has 2 fully saturated rings. The van der Waals surface area contributed by atoms with E-state index in [1.807, 2.05) is 0 Å². The van der Waals surface area contributed by atoms with Crippen LogP contribution in [0.25, 0.3) is 0 Å². The van der Waals surface area contributed by atoms with E-state index in [0.29, 0.717) is 12.0 Å². The molecule has 0 aromatic rings. The second-order valence-electron chi connectivity index (χ2n) is 6.38. The van der Waals surface area contributed by atoms with Gasteiger partial charge in [0.15, 0.2) is 0 Å². The molecule has 0 radical (unpaired) electrons. The highest BCUT2D eigenvalue weighted by Crippen LogP contribution is 2.45. The van der Waals surface area contributed by atoms with Crippen LogP contribution in [-0.2, 0) is 0 Å². The Bertz CT molecular complexity index is 217. The highest BCUT2D eigenvalue weighted by molar-refractivity contribution is 4.95. The molecule has 0 atom stereocenters. The smallest absolute Gasteiger partial charge is 0.0499 e. The molecule has 2 N–H and O–H groups in total. The fraction of sp³-hybridized carbons (Fsp3) is 1.00. The Kier molecular flexibility index (Phi) is 3.09. The van der Waals surface area contributed by atoms with Gasteiger partial charge in [0, 0.05) is 25.1 Å². The lowest BCUT2D eigenvalue weighted by Gasteiger charge is -2.41. The van der Waals surface area contributed by atoms with Crippen molar-refractivity contribution < 1.29 is 5.11 Å². The zero-order valence-corrected chi connectivity index (χ0v) is 10.2. The summed E-state index contributed by atoms with van der Waals surface area (Å²) in [7, 11) is 0. The van der Waals surface area contributed by atoms with Crippen LogP contribution in [0.4, 0.5) is 0 Å². The molecule has 0 bridgehead atoms. The first-order valence-corrected chi connectivity index (χ1v) is 6.40. The van der Waals surface area contributed by atoms with E-state index in [-0.39, 0.29) is 5.41 Å². The first kappa shape index (κ1) is 11.4. The zero-order chi connectivity index (χ0) is 10.9. The average molecular weight is 211 g/mol. The van der Waals surface area contributed by atoms with Crippen molar-refractivity contribution in [2.75, 3.05) is 19.7 Å². The lowest BCUT2D eigenvalue weighted by atomic mass is 9.67. The van der Waals surface area contributed by atoms with Gasteiger partial charge in [-0.2, -0.15) is 0 Å². The van der Waals surface area contributed by atoms with Gasteiger partial charge >= 0.3 is 0 Å². The van der Waals surface area contributed by atoms with Crippen molar-refractivity contribution in [3.8, 4) is 0 Å². The van der Waals surface area contributed by atoms with Gasteiger partial charge in [0.2, 0.25) is 0 Å². The summed E-state index contributed by atoms with van der Waals surface area (Å²) >= 11 is 0. The van der Waals surface area contributed by atoms with E-state index in [4.69, 9.17) is 0 Å². The van der Waals surface area contributed by atoms with Gasteiger partial charge in [-0.25, -0.2) is 0 Å². The Morgan fingerprint density at radius 2 is 2.00 bits per heavy atom. The fourth-order valence-electron chi connectivity index (χ4n) is 2.55. The summed E-state index contributed by atoms with van der Waals surface area (Å²) in [5.41, 5.74) is 0.708. The van der Waals surface area contributed by atoms with Gasteiger partial charge < -0.3 is 10.4 Å². The summed E-state index contributed by atoms with van der Waals surface area (Å²) in [6, 6.07) is 0. The minimum atomic E-state index is 0.260. The lowest BCUT2D eigenvalue weighted by molar-refractivity contribution is 0.114.